The van der Waals surface area contributed by atoms with Crippen molar-refractivity contribution < 1.29 is 13.9 Å². The summed E-state index contributed by atoms with van der Waals surface area (Å²) in [6.45, 7) is 6.37. The van der Waals surface area contributed by atoms with E-state index in [1.807, 2.05) is 20.8 Å². The van der Waals surface area contributed by atoms with Crippen molar-refractivity contribution in [1.29, 1.82) is 0 Å². The Labute approximate surface area is 119 Å². The van der Waals surface area contributed by atoms with Crippen LogP contribution in [-0.2, 0) is 4.74 Å². The lowest BCUT2D eigenvalue weighted by Gasteiger charge is -2.12. The summed E-state index contributed by atoms with van der Waals surface area (Å²) in [7, 11) is 0. The first-order valence-electron chi connectivity index (χ1n) is 6.84. The molecule has 0 aromatic heterocycles. The van der Waals surface area contributed by atoms with Gasteiger partial charge >= 0.3 is 0 Å². The van der Waals surface area contributed by atoms with E-state index in [-0.39, 0.29) is 17.6 Å². The average molecular weight is 280 g/mol. The maximum atomic E-state index is 13.1. The number of aliphatic imine (C=N–C) groups is 1. The molecule has 1 aromatic rings. The van der Waals surface area contributed by atoms with Gasteiger partial charge in [-0.2, -0.15) is 0 Å². The van der Waals surface area contributed by atoms with Crippen LogP contribution in [0.2, 0.25) is 0 Å². The lowest BCUT2D eigenvalue weighted by Crippen LogP contribution is -2.33. The zero-order valence-corrected chi connectivity index (χ0v) is 12.1. The highest BCUT2D eigenvalue weighted by Gasteiger charge is 2.11. The quantitative estimate of drug-likeness (QED) is 0.665. The zero-order chi connectivity index (χ0) is 15.0. The number of rotatable bonds is 5. The molecule has 1 amide bonds. The van der Waals surface area contributed by atoms with Crippen molar-refractivity contribution in [3.8, 4) is 0 Å². The monoisotopic (exact) mass is 280 g/mol. The Kier molecular flexibility index (Phi) is 6.70. The number of carbonyl (C=O) groups is 1. The van der Waals surface area contributed by atoms with E-state index in [4.69, 9.17) is 4.74 Å². The number of hydrogen-bond acceptors (Lipinski definition) is 3. The van der Waals surface area contributed by atoms with Crippen molar-refractivity contribution in [2.75, 3.05) is 6.61 Å². The van der Waals surface area contributed by atoms with Gasteiger partial charge in [0.25, 0.3) is 11.9 Å². The van der Waals surface area contributed by atoms with Gasteiger partial charge < -0.3 is 4.74 Å². The maximum Gasteiger partial charge on any atom is 0.291 e. The molecular formula is C15H21FN2O2. The minimum atomic E-state index is -0.451. The molecule has 0 aliphatic heterocycles. The van der Waals surface area contributed by atoms with Crippen molar-refractivity contribution in [1.82, 2.24) is 5.32 Å². The standard InChI is InChI=1S/C15H21FN2O2/c1-4-9-20-15(17-11(3)5-2)18-14(19)12-7-6-8-13(16)10-12/h6-8,10-11H,4-5,9H2,1-3H3,(H,17,18,19)/t11-/m1/s1. The molecule has 110 valence electrons. The summed E-state index contributed by atoms with van der Waals surface area (Å²) >= 11 is 0. The van der Waals surface area contributed by atoms with Gasteiger partial charge in [0, 0.05) is 5.56 Å². The number of benzene rings is 1. The van der Waals surface area contributed by atoms with Crippen LogP contribution in [0.15, 0.2) is 29.3 Å². The van der Waals surface area contributed by atoms with E-state index in [9.17, 15) is 9.18 Å². The van der Waals surface area contributed by atoms with Gasteiger partial charge in [0.1, 0.15) is 5.82 Å². The molecule has 0 saturated carbocycles. The second-order valence-corrected chi connectivity index (χ2v) is 4.50. The highest BCUT2D eigenvalue weighted by atomic mass is 19.1. The summed E-state index contributed by atoms with van der Waals surface area (Å²) < 4.78 is 18.5. The van der Waals surface area contributed by atoms with E-state index >= 15 is 0 Å². The first-order valence-corrected chi connectivity index (χ1v) is 6.84. The third kappa shape index (κ3) is 5.38. The Balaban J connectivity index is 2.78. The molecule has 0 bridgehead atoms. The van der Waals surface area contributed by atoms with Gasteiger partial charge in [0.15, 0.2) is 0 Å². The van der Waals surface area contributed by atoms with Crippen LogP contribution in [0.25, 0.3) is 0 Å². The largest absolute Gasteiger partial charge is 0.465 e. The molecule has 1 aromatic carbocycles. The summed E-state index contributed by atoms with van der Waals surface area (Å²) in [6, 6.07) is 5.74. The minimum absolute atomic E-state index is 0.0506. The third-order valence-corrected chi connectivity index (χ3v) is 2.68. The first-order chi connectivity index (χ1) is 9.56. The molecule has 0 heterocycles. The molecule has 1 rings (SSSR count). The third-order valence-electron chi connectivity index (χ3n) is 2.68. The predicted molar refractivity (Wildman–Crippen MR) is 77.3 cm³/mol. The van der Waals surface area contributed by atoms with Gasteiger partial charge in [0.2, 0.25) is 0 Å². The van der Waals surface area contributed by atoms with E-state index < -0.39 is 11.7 Å². The first kappa shape index (κ1) is 16.1. The van der Waals surface area contributed by atoms with Crippen LogP contribution in [0.3, 0.4) is 0 Å². The number of carbonyl (C=O) groups excluding carboxylic acids is 1. The molecule has 0 unspecified atom stereocenters. The van der Waals surface area contributed by atoms with Gasteiger partial charge in [-0.3, -0.25) is 10.1 Å². The van der Waals surface area contributed by atoms with Crippen LogP contribution in [0.5, 0.6) is 0 Å². The summed E-state index contributed by atoms with van der Waals surface area (Å²) in [5.74, 6) is -0.879. The smallest absolute Gasteiger partial charge is 0.291 e. The molecule has 0 spiro atoms. The minimum Gasteiger partial charge on any atom is -0.465 e. The fourth-order valence-corrected chi connectivity index (χ4v) is 1.39. The number of amides is 1. The van der Waals surface area contributed by atoms with E-state index in [2.05, 4.69) is 10.3 Å². The van der Waals surface area contributed by atoms with Crippen LogP contribution in [-0.4, -0.2) is 24.6 Å². The van der Waals surface area contributed by atoms with Crippen molar-refractivity contribution in [3.05, 3.63) is 35.6 Å². The number of nitrogens with one attached hydrogen (secondary N) is 1. The van der Waals surface area contributed by atoms with Crippen molar-refractivity contribution in [2.45, 2.75) is 39.7 Å². The summed E-state index contributed by atoms with van der Waals surface area (Å²) in [4.78, 5) is 16.3. The van der Waals surface area contributed by atoms with Crippen molar-refractivity contribution in [2.24, 2.45) is 4.99 Å². The normalized spacial score (nSPS) is 12.9. The number of halogens is 1. The Hall–Kier alpha value is -1.91. The van der Waals surface area contributed by atoms with Gasteiger partial charge in [0.05, 0.1) is 12.6 Å². The second kappa shape index (κ2) is 8.30. The maximum absolute atomic E-state index is 13.1. The Morgan fingerprint density at radius 3 is 2.80 bits per heavy atom. The topological polar surface area (TPSA) is 50.7 Å². The Bertz CT molecular complexity index is 475. The van der Waals surface area contributed by atoms with E-state index in [1.165, 1.54) is 18.2 Å². The summed E-state index contributed by atoms with van der Waals surface area (Å²) in [5, 5.41) is 2.58. The Morgan fingerprint density at radius 1 is 1.45 bits per heavy atom. The van der Waals surface area contributed by atoms with Gasteiger partial charge in [-0.05, 0) is 38.0 Å². The van der Waals surface area contributed by atoms with E-state index in [0.29, 0.717) is 6.61 Å². The molecule has 4 nitrogen and oxygen atoms in total. The number of nitrogens with zero attached hydrogens (tertiary/aromatic N) is 1. The van der Waals surface area contributed by atoms with Crippen LogP contribution in [0, 0.1) is 5.82 Å². The summed E-state index contributed by atoms with van der Waals surface area (Å²) in [5.41, 5.74) is 0.238. The van der Waals surface area contributed by atoms with Gasteiger partial charge in [-0.25, -0.2) is 9.38 Å². The molecular weight excluding hydrogens is 259 g/mol. The molecule has 1 N–H and O–H groups in total. The van der Waals surface area contributed by atoms with Crippen LogP contribution in [0.1, 0.15) is 44.0 Å². The fraction of sp³-hybridized carbons (Fsp3) is 0.467. The van der Waals surface area contributed by atoms with E-state index in [0.717, 1.165) is 12.8 Å². The molecule has 0 saturated heterocycles. The van der Waals surface area contributed by atoms with E-state index in [1.54, 1.807) is 6.07 Å². The predicted octanol–water partition coefficient (Wildman–Crippen LogP) is 3.14. The molecule has 20 heavy (non-hydrogen) atoms. The molecule has 5 heteroatoms. The molecule has 0 fully saturated rings. The number of amidine groups is 1. The highest BCUT2D eigenvalue weighted by molar-refractivity contribution is 6.04. The molecule has 0 aliphatic carbocycles. The summed E-state index contributed by atoms with van der Waals surface area (Å²) in [6.07, 6.45) is 1.66. The lowest BCUT2D eigenvalue weighted by molar-refractivity contribution is 0.0964. The number of hydrogen-bond donors (Lipinski definition) is 1. The highest BCUT2D eigenvalue weighted by Crippen LogP contribution is 2.04. The van der Waals surface area contributed by atoms with Crippen molar-refractivity contribution in [3.63, 3.8) is 0 Å². The van der Waals surface area contributed by atoms with Crippen LogP contribution >= 0.6 is 0 Å². The SMILES string of the molecule is CCCOC(=N[C@H](C)CC)NC(=O)c1cccc(F)c1. The zero-order valence-electron chi connectivity index (χ0n) is 12.1. The van der Waals surface area contributed by atoms with Gasteiger partial charge in [-0.15, -0.1) is 0 Å². The average Bonchev–Trinajstić information content (AvgIpc) is 2.44. The van der Waals surface area contributed by atoms with Crippen molar-refractivity contribution >= 4 is 11.9 Å². The van der Waals surface area contributed by atoms with Gasteiger partial charge in [-0.1, -0.05) is 19.9 Å². The van der Waals surface area contributed by atoms with Crippen LogP contribution in [0.4, 0.5) is 4.39 Å². The lowest BCUT2D eigenvalue weighted by atomic mass is 10.2. The Morgan fingerprint density at radius 2 is 2.20 bits per heavy atom. The fourth-order valence-electron chi connectivity index (χ4n) is 1.39. The number of ether oxygens (including phenoxy) is 1. The molecule has 1 atom stereocenters. The van der Waals surface area contributed by atoms with Crippen LogP contribution < -0.4 is 5.32 Å². The molecule has 0 aliphatic rings. The molecule has 0 radical (unpaired) electrons. The second-order valence-electron chi connectivity index (χ2n) is 4.50.